The third-order valence-electron chi connectivity index (χ3n) is 12.1. The molecule has 0 amide bonds. The Balaban J connectivity index is 4.09. The molecule has 346 valence electrons. The van der Waals surface area contributed by atoms with Crippen LogP contribution in [0.3, 0.4) is 0 Å². The lowest BCUT2D eigenvalue weighted by atomic mass is 10.0. The number of phosphoric ester groups is 1. The SMILES string of the molecule is CCCCCCCCCCCCCCCCC=CN(C=CCCCCCCCCCCCCCCCC)CCCCCCCCCCCCCCCCOP(=O)(O)O. The summed E-state index contributed by atoms with van der Waals surface area (Å²) in [5, 5.41) is 0. The molecule has 0 spiro atoms. The highest BCUT2D eigenvalue weighted by molar-refractivity contribution is 7.46. The Morgan fingerprint density at radius 3 is 0.879 bits per heavy atom. The molecule has 0 atom stereocenters. The quantitative estimate of drug-likeness (QED) is 0.0472. The van der Waals surface area contributed by atoms with E-state index in [1.807, 2.05) is 0 Å². The minimum absolute atomic E-state index is 0.163. The van der Waals surface area contributed by atoms with Crippen molar-refractivity contribution < 1.29 is 18.9 Å². The molecule has 5 nitrogen and oxygen atoms in total. The van der Waals surface area contributed by atoms with Gasteiger partial charge in [0, 0.05) is 6.54 Å². The molecule has 0 aliphatic carbocycles. The molecule has 0 heterocycles. The molecule has 0 aliphatic heterocycles. The van der Waals surface area contributed by atoms with Gasteiger partial charge in [0.05, 0.1) is 6.61 Å². The third kappa shape index (κ3) is 51.5. The first-order valence-electron chi connectivity index (χ1n) is 26.3. The Morgan fingerprint density at radius 2 is 0.603 bits per heavy atom. The fourth-order valence-electron chi connectivity index (χ4n) is 8.23. The monoisotopic (exact) mass is 838 g/mol. The lowest BCUT2D eigenvalue weighted by molar-refractivity contribution is 0.193. The summed E-state index contributed by atoms with van der Waals surface area (Å²) < 4.78 is 15.2. The number of nitrogens with zero attached hydrogens (tertiary/aromatic N) is 1. The van der Waals surface area contributed by atoms with Crippen LogP contribution in [0.2, 0.25) is 0 Å². The number of unbranched alkanes of at least 4 members (excludes halogenated alkanes) is 41. The van der Waals surface area contributed by atoms with E-state index < -0.39 is 7.82 Å². The number of rotatable bonds is 50. The second kappa shape index (κ2) is 49.0. The van der Waals surface area contributed by atoms with Crippen LogP contribution in [0.4, 0.5) is 0 Å². The second-order valence-electron chi connectivity index (χ2n) is 18.1. The van der Waals surface area contributed by atoms with Gasteiger partial charge in [-0.3, -0.25) is 4.52 Å². The number of hydrogen-bond donors (Lipinski definition) is 2. The topological polar surface area (TPSA) is 70.0 Å². The van der Waals surface area contributed by atoms with E-state index in [4.69, 9.17) is 9.79 Å². The summed E-state index contributed by atoms with van der Waals surface area (Å²) in [5.74, 6) is 0. The van der Waals surface area contributed by atoms with Crippen LogP contribution in [0, 0.1) is 0 Å². The van der Waals surface area contributed by atoms with Crippen molar-refractivity contribution in [3.63, 3.8) is 0 Å². The average molecular weight is 838 g/mol. The van der Waals surface area contributed by atoms with Gasteiger partial charge in [0.2, 0.25) is 0 Å². The molecule has 0 fully saturated rings. The molecule has 2 N–H and O–H groups in total. The zero-order valence-corrected chi connectivity index (χ0v) is 40.3. The van der Waals surface area contributed by atoms with Crippen molar-refractivity contribution in [2.75, 3.05) is 13.2 Å². The van der Waals surface area contributed by atoms with Gasteiger partial charge in [0.25, 0.3) is 0 Å². The minimum Gasteiger partial charge on any atom is -0.355 e. The maximum absolute atomic E-state index is 10.7. The van der Waals surface area contributed by atoms with E-state index in [0.29, 0.717) is 0 Å². The van der Waals surface area contributed by atoms with Crippen molar-refractivity contribution in [2.24, 2.45) is 0 Å². The Bertz CT molecular complexity index is 831. The maximum atomic E-state index is 10.7. The smallest absolute Gasteiger partial charge is 0.355 e. The van der Waals surface area contributed by atoms with Gasteiger partial charge in [-0.15, -0.1) is 0 Å². The van der Waals surface area contributed by atoms with Crippen molar-refractivity contribution in [1.29, 1.82) is 0 Å². The van der Waals surface area contributed by atoms with Gasteiger partial charge < -0.3 is 14.7 Å². The van der Waals surface area contributed by atoms with Gasteiger partial charge >= 0.3 is 7.82 Å². The van der Waals surface area contributed by atoms with E-state index >= 15 is 0 Å². The molecule has 0 bridgehead atoms. The molecule has 0 rings (SSSR count). The van der Waals surface area contributed by atoms with Gasteiger partial charge in [-0.25, -0.2) is 4.57 Å². The lowest BCUT2D eigenvalue weighted by Crippen LogP contribution is -2.11. The first-order valence-corrected chi connectivity index (χ1v) is 27.8. The highest BCUT2D eigenvalue weighted by atomic mass is 31.2. The Kier molecular flexibility index (Phi) is 48.5. The largest absolute Gasteiger partial charge is 0.469 e. The predicted molar refractivity (Wildman–Crippen MR) is 257 cm³/mol. The molecule has 0 unspecified atom stereocenters. The maximum Gasteiger partial charge on any atom is 0.469 e. The van der Waals surface area contributed by atoms with E-state index in [2.05, 4.69) is 47.8 Å². The van der Waals surface area contributed by atoms with Crippen LogP contribution in [0.5, 0.6) is 0 Å². The highest BCUT2D eigenvalue weighted by Gasteiger charge is 2.12. The summed E-state index contributed by atoms with van der Waals surface area (Å²) in [4.78, 5) is 19.9. The van der Waals surface area contributed by atoms with E-state index in [1.54, 1.807) is 0 Å². The van der Waals surface area contributed by atoms with Crippen LogP contribution < -0.4 is 0 Å². The van der Waals surface area contributed by atoms with Crippen molar-refractivity contribution in [1.82, 2.24) is 4.90 Å². The van der Waals surface area contributed by atoms with Gasteiger partial charge in [-0.2, -0.15) is 0 Å². The summed E-state index contributed by atoms with van der Waals surface area (Å²) in [5.41, 5.74) is 0. The number of hydrogen-bond acceptors (Lipinski definition) is 3. The van der Waals surface area contributed by atoms with Crippen LogP contribution in [-0.2, 0) is 9.09 Å². The molecular weight excluding hydrogens is 734 g/mol. The van der Waals surface area contributed by atoms with E-state index in [-0.39, 0.29) is 6.61 Å². The van der Waals surface area contributed by atoms with Gasteiger partial charge in [0.15, 0.2) is 0 Å². The number of phosphoric acid groups is 1. The first kappa shape index (κ1) is 57.4. The van der Waals surface area contributed by atoms with Crippen LogP contribution in [0.25, 0.3) is 0 Å². The van der Waals surface area contributed by atoms with Crippen LogP contribution in [-0.4, -0.2) is 27.8 Å². The summed E-state index contributed by atoms with van der Waals surface area (Å²) in [7, 11) is -4.29. The standard InChI is InChI=1S/C52H104NO4P/c1-3-5-7-9-11-13-15-17-19-21-25-29-33-37-41-45-49-53(50-46-42-38-34-30-26-22-20-18-16-14-12-10-8-6-4-2)51-47-43-39-35-31-27-23-24-28-32-36-40-44-48-52-57-58(54,55)56/h45-46,49-50H,3-44,47-48,51-52H2,1-2H3,(H2,54,55,56). The zero-order valence-electron chi connectivity index (χ0n) is 39.4. The van der Waals surface area contributed by atoms with Crippen molar-refractivity contribution >= 4 is 7.82 Å². The third-order valence-corrected chi connectivity index (χ3v) is 12.6. The molecule has 0 saturated carbocycles. The van der Waals surface area contributed by atoms with Crippen molar-refractivity contribution in [3.05, 3.63) is 24.6 Å². The molecule has 0 aromatic rings. The molecule has 0 radical (unpaired) electrons. The summed E-state index contributed by atoms with van der Waals surface area (Å²) in [6.45, 7) is 5.92. The predicted octanol–water partition coefficient (Wildman–Crippen LogP) is 18.6. The molecule has 6 heteroatoms. The fourth-order valence-corrected chi connectivity index (χ4v) is 8.60. The summed E-state index contributed by atoms with van der Waals surface area (Å²) in [6, 6.07) is 0. The first-order chi connectivity index (χ1) is 28.5. The molecule has 0 aromatic carbocycles. The number of allylic oxidation sites excluding steroid dienone is 2. The van der Waals surface area contributed by atoms with Crippen LogP contribution in [0.15, 0.2) is 24.6 Å². The lowest BCUT2D eigenvalue weighted by Gasteiger charge is -2.15. The molecular formula is C52H104NO4P. The van der Waals surface area contributed by atoms with Crippen molar-refractivity contribution in [2.45, 2.75) is 296 Å². The van der Waals surface area contributed by atoms with E-state index in [1.165, 1.54) is 263 Å². The van der Waals surface area contributed by atoms with Gasteiger partial charge in [-0.05, 0) is 50.9 Å². The fraction of sp³-hybridized carbons (Fsp3) is 0.923. The van der Waals surface area contributed by atoms with Gasteiger partial charge in [0.1, 0.15) is 0 Å². The Hall–Kier alpha value is -0.610. The summed E-state index contributed by atoms with van der Waals surface area (Å²) >= 11 is 0. The molecule has 0 aromatic heterocycles. The molecule has 0 aliphatic rings. The second-order valence-corrected chi connectivity index (χ2v) is 19.3. The van der Waals surface area contributed by atoms with Crippen LogP contribution in [0.1, 0.15) is 296 Å². The Labute approximate surface area is 364 Å². The average Bonchev–Trinajstić information content (AvgIpc) is 3.20. The van der Waals surface area contributed by atoms with Gasteiger partial charge in [-0.1, -0.05) is 270 Å². The molecule has 0 saturated heterocycles. The zero-order chi connectivity index (χ0) is 42.1. The summed E-state index contributed by atoms with van der Waals surface area (Å²) in [6.07, 6.45) is 69.5. The normalized spacial score (nSPS) is 12.2. The minimum atomic E-state index is -4.29. The Morgan fingerprint density at radius 1 is 0.362 bits per heavy atom. The molecule has 58 heavy (non-hydrogen) atoms. The van der Waals surface area contributed by atoms with Crippen molar-refractivity contribution in [3.8, 4) is 0 Å². The van der Waals surface area contributed by atoms with E-state index in [0.717, 1.165) is 25.8 Å². The highest BCUT2D eigenvalue weighted by Crippen LogP contribution is 2.35. The van der Waals surface area contributed by atoms with E-state index in [9.17, 15) is 4.57 Å². The van der Waals surface area contributed by atoms with Crippen LogP contribution >= 0.6 is 7.82 Å².